The summed E-state index contributed by atoms with van der Waals surface area (Å²) in [7, 11) is 0. The van der Waals surface area contributed by atoms with Crippen LogP contribution in [0.25, 0.3) is 0 Å². The minimum Gasteiger partial charge on any atom is -0.456 e. The molecule has 0 saturated carbocycles. The van der Waals surface area contributed by atoms with Gasteiger partial charge in [-0.1, -0.05) is 18.1 Å². The second-order valence-corrected chi connectivity index (χ2v) is 5.02. The molecule has 1 aromatic rings. The summed E-state index contributed by atoms with van der Waals surface area (Å²) >= 11 is 0. The third-order valence-corrected chi connectivity index (χ3v) is 2.12. The smallest absolute Gasteiger partial charge is 0.384 e. The Morgan fingerprint density at radius 1 is 1.20 bits per heavy atom. The Balaban J connectivity index is 2.99. The molecular weight excluding hydrogens is 256 g/mol. The Labute approximate surface area is 119 Å². The van der Waals surface area contributed by atoms with Crippen LogP contribution in [0.4, 0.5) is 0 Å². The van der Waals surface area contributed by atoms with Gasteiger partial charge in [-0.3, -0.25) is 0 Å². The summed E-state index contributed by atoms with van der Waals surface area (Å²) < 4.78 is 10.0. The van der Waals surface area contributed by atoms with Gasteiger partial charge in [0.1, 0.15) is 5.60 Å². The van der Waals surface area contributed by atoms with Crippen molar-refractivity contribution in [2.45, 2.75) is 33.3 Å². The summed E-state index contributed by atoms with van der Waals surface area (Å²) in [5.74, 6) is 3.89. The summed E-state index contributed by atoms with van der Waals surface area (Å²) in [6, 6.07) is 6.73. The zero-order valence-corrected chi connectivity index (χ0v) is 12.1. The van der Waals surface area contributed by atoms with Gasteiger partial charge < -0.3 is 9.47 Å². The van der Waals surface area contributed by atoms with Gasteiger partial charge in [-0.05, 0) is 39.8 Å². The normalized spacial score (nSPS) is 10.2. The summed E-state index contributed by atoms with van der Waals surface area (Å²) in [6.45, 7) is 7.34. The first-order valence-corrected chi connectivity index (χ1v) is 6.34. The van der Waals surface area contributed by atoms with E-state index in [1.807, 2.05) is 0 Å². The molecule has 0 aliphatic carbocycles. The lowest BCUT2D eigenvalue weighted by atomic mass is 10.1. The number of hydrogen-bond donors (Lipinski definition) is 0. The molecule has 0 N–H and O–H groups in total. The molecular formula is C16H18O4. The summed E-state index contributed by atoms with van der Waals surface area (Å²) in [6.07, 6.45) is 0. The van der Waals surface area contributed by atoms with Crippen LogP contribution in [0.2, 0.25) is 0 Å². The molecule has 1 aromatic carbocycles. The van der Waals surface area contributed by atoms with E-state index in [0.717, 1.165) is 0 Å². The molecule has 0 atom stereocenters. The van der Waals surface area contributed by atoms with Gasteiger partial charge in [-0.2, -0.15) is 0 Å². The first-order chi connectivity index (χ1) is 9.33. The Kier molecular flexibility index (Phi) is 5.33. The van der Waals surface area contributed by atoms with E-state index in [2.05, 4.69) is 11.8 Å². The molecule has 0 radical (unpaired) electrons. The largest absolute Gasteiger partial charge is 0.456 e. The molecule has 106 valence electrons. The van der Waals surface area contributed by atoms with Crippen molar-refractivity contribution in [2.75, 3.05) is 6.61 Å². The van der Waals surface area contributed by atoms with E-state index in [1.54, 1.807) is 52.0 Å². The maximum atomic E-state index is 12.0. The van der Waals surface area contributed by atoms with E-state index in [4.69, 9.17) is 9.47 Å². The van der Waals surface area contributed by atoms with Crippen LogP contribution in [0.15, 0.2) is 24.3 Å². The van der Waals surface area contributed by atoms with E-state index in [0.29, 0.717) is 11.1 Å². The number of carbonyl (C=O) groups excluding carboxylic acids is 2. The van der Waals surface area contributed by atoms with Crippen molar-refractivity contribution in [1.29, 1.82) is 0 Å². The predicted octanol–water partition coefficient (Wildman–Crippen LogP) is 2.56. The number of rotatable bonds is 2. The molecule has 4 nitrogen and oxygen atoms in total. The van der Waals surface area contributed by atoms with Gasteiger partial charge in [0.15, 0.2) is 0 Å². The topological polar surface area (TPSA) is 52.6 Å². The van der Waals surface area contributed by atoms with Gasteiger partial charge in [-0.25, -0.2) is 9.59 Å². The van der Waals surface area contributed by atoms with Crippen LogP contribution in [-0.2, 0) is 14.3 Å². The van der Waals surface area contributed by atoms with Crippen LogP contribution >= 0.6 is 0 Å². The maximum absolute atomic E-state index is 12.0. The van der Waals surface area contributed by atoms with E-state index < -0.39 is 17.5 Å². The van der Waals surface area contributed by atoms with Crippen molar-refractivity contribution in [3.63, 3.8) is 0 Å². The fourth-order valence-corrected chi connectivity index (χ4v) is 1.39. The zero-order chi connectivity index (χ0) is 15.2. The highest BCUT2D eigenvalue weighted by Gasteiger charge is 2.19. The van der Waals surface area contributed by atoms with Crippen LogP contribution in [0.3, 0.4) is 0 Å². The third kappa shape index (κ3) is 5.15. The Bertz CT molecular complexity index is 556. The molecule has 0 aliphatic heterocycles. The lowest BCUT2D eigenvalue weighted by Gasteiger charge is -2.19. The lowest BCUT2D eigenvalue weighted by Crippen LogP contribution is -2.24. The van der Waals surface area contributed by atoms with Gasteiger partial charge in [-0.15, -0.1) is 0 Å². The first-order valence-electron chi connectivity index (χ1n) is 6.34. The molecule has 0 fully saturated rings. The second-order valence-electron chi connectivity index (χ2n) is 5.02. The number of esters is 2. The molecule has 0 heterocycles. The second kappa shape index (κ2) is 6.76. The van der Waals surface area contributed by atoms with Crippen LogP contribution < -0.4 is 0 Å². The molecule has 0 unspecified atom stereocenters. The first kappa shape index (κ1) is 15.8. The molecule has 20 heavy (non-hydrogen) atoms. The molecule has 0 amide bonds. The highest BCUT2D eigenvalue weighted by Crippen LogP contribution is 2.14. The molecule has 0 spiro atoms. The number of hydrogen-bond acceptors (Lipinski definition) is 4. The van der Waals surface area contributed by atoms with Crippen molar-refractivity contribution in [3.8, 4) is 11.8 Å². The Hall–Kier alpha value is -2.28. The molecule has 1 rings (SSSR count). The standard InChI is InChI=1S/C16H18O4/c1-5-19-14(17)11-10-12-8-6-7-9-13(12)15(18)20-16(2,3)4/h6-9H,5H2,1-4H3. The van der Waals surface area contributed by atoms with Gasteiger partial charge in [0.05, 0.1) is 12.2 Å². The van der Waals surface area contributed by atoms with Crippen molar-refractivity contribution in [3.05, 3.63) is 35.4 Å². The molecule has 0 bridgehead atoms. The summed E-state index contributed by atoms with van der Waals surface area (Å²) in [5, 5.41) is 0. The maximum Gasteiger partial charge on any atom is 0.384 e. The SMILES string of the molecule is CCOC(=O)C#Cc1ccccc1C(=O)OC(C)(C)C. The van der Waals surface area contributed by atoms with E-state index in [1.165, 1.54) is 0 Å². The lowest BCUT2D eigenvalue weighted by molar-refractivity contribution is -0.136. The number of benzene rings is 1. The van der Waals surface area contributed by atoms with Crippen LogP contribution in [0, 0.1) is 11.8 Å². The number of carbonyl (C=O) groups is 2. The van der Waals surface area contributed by atoms with Gasteiger partial charge in [0.25, 0.3) is 0 Å². The van der Waals surface area contributed by atoms with E-state index in [-0.39, 0.29) is 6.61 Å². The Morgan fingerprint density at radius 2 is 1.85 bits per heavy atom. The summed E-state index contributed by atoms with van der Waals surface area (Å²) in [5.41, 5.74) is 0.188. The fourth-order valence-electron chi connectivity index (χ4n) is 1.39. The zero-order valence-electron chi connectivity index (χ0n) is 12.1. The monoisotopic (exact) mass is 274 g/mol. The minimum absolute atomic E-state index is 0.265. The Morgan fingerprint density at radius 3 is 2.45 bits per heavy atom. The van der Waals surface area contributed by atoms with Crippen molar-refractivity contribution in [1.82, 2.24) is 0 Å². The number of ether oxygens (including phenoxy) is 2. The van der Waals surface area contributed by atoms with Crippen molar-refractivity contribution < 1.29 is 19.1 Å². The van der Waals surface area contributed by atoms with E-state index >= 15 is 0 Å². The quantitative estimate of drug-likeness (QED) is 0.614. The highest BCUT2D eigenvalue weighted by atomic mass is 16.6. The molecule has 4 heteroatoms. The molecule has 0 saturated heterocycles. The van der Waals surface area contributed by atoms with Crippen molar-refractivity contribution >= 4 is 11.9 Å². The average Bonchev–Trinajstić information content (AvgIpc) is 2.35. The fraction of sp³-hybridized carbons (Fsp3) is 0.375. The van der Waals surface area contributed by atoms with Crippen LogP contribution in [0.1, 0.15) is 43.6 Å². The average molecular weight is 274 g/mol. The van der Waals surface area contributed by atoms with Crippen molar-refractivity contribution in [2.24, 2.45) is 0 Å². The van der Waals surface area contributed by atoms with Gasteiger partial charge in [0, 0.05) is 11.5 Å². The molecule has 0 aromatic heterocycles. The van der Waals surface area contributed by atoms with Gasteiger partial charge >= 0.3 is 11.9 Å². The predicted molar refractivity (Wildman–Crippen MR) is 75.1 cm³/mol. The third-order valence-electron chi connectivity index (χ3n) is 2.12. The minimum atomic E-state index is -0.619. The summed E-state index contributed by atoms with van der Waals surface area (Å²) in [4.78, 5) is 23.3. The van der Waals surface area contributed by atoms with E-state index in [9.17, 15) is 9.59 Å². The van der Waals surface area contributed by atoms with Gasteiger partial charge in [0.2, 0.25) is 0 Å². The van der Waals surface area contributed by atoms with Crippen LogP contribution in [0.5, 0.6) is 0 Å². The highest BCUT2D eigenvalue weighted by molar-refractivity contribution is 5.94. The molecule has 0 aliphatic rings. The van der Waals surface area contributed by atoms with Crippen LogP contribution in [-0.4, -0.2) is 24.1 Å².